The zero-order valence-electron chi connectivity index (χ0n) is 18.2. The summed E-state index contributed by atoms with van der Waals surface area (Å²) >= 11 is 1.59. The van der Waals surface area contributed by atoms with Gasteiger partial charge in [-0.2, -0.15) is 10.1 Å². The first-order valence-electron chi connectivity index (χ1n) is 10.4. The summed E-state index contributed by atoms with van der Waals surface area (Å²) < 4.78 is 12.4. The minimum absolute atomic E-state index is 0.0792. The second-order valence-electron chi connectivity index (χ2n) is 9.59. The van der Waals surface area contributed by atoms with Gasteiger partial charge in [-0.25, -0.2) is 0 Å². The van der Waals surface area contributed by atoms with Crippen LogP contribution in [0, 0.1) is 0 Å². The van der Waals surface area contributed by atoms with Crippen molar-refractivity contribution in [2.24, 2.45) is 0 Å². The summed E-state index contributed by atoms with van der Waals surface area (Å²) in [5.74, 6) is 0.685. The average molecular weight is 425 g/mol. The molecule has 6 nitrogen and oxygen atoms in total. The zero-order valence-corrected chi connectivity index (χ0v) is 19.0. The van der Waals surface area contributed by atoms with Gasteiger partial charge in [0.2, 0.25) is 5.88 Å². The van der Waals surface area contributed by atoms with E-state index in [4.69, 9.17) is 9.47 Å². The molecule has 0 bridgehead atoms. The second-order valence-corrected chi connectivity index (χ2v) is 10.6. The van der Waals surface area contributed by atoms with Gasteiger partial charge in [0, 0.05) is 41.2 Å². The van der Waals surface area contributed by atoms with Crippen LogP contribution >= 0.6 is 11.3 Å². The van der Waals surface area contributed by atoms with Gasteiger partial charge in [-0.05, 0) is 51.9 Å². The Bertz CT molecular complexity index is 1050. The number of piperidine rings is 1. The maximum Gasteiger partial charge on any atom is 0.277 e. The maximum atomic E-state index is 6.41. The molecule has 1 N–H and O–H groups in total. The van der Waals surface area contributed by atoms with Gasteiger partial charge in [0.1, 0.15) is 17.6 Å². The first kappa shape index (κ1) is 19.6. The molecule has 0 saturated carbocycles. The van der Waals surface area contributed by atoms with Crippen molar-refractivity contribution >= 4 is 11.3 Å². The molecule has 158 valence electrons. The molecule has 7 heteroatoms. The Labute approximate surface area is 181 Å². The molecule has 1 aromatic carbocycles. The fraction of sp³-hybridized carbons (Fsp3) is 0.478. The third-order valence-corrected chi connectivity index (χ3v) is 7.62. The monoisotopic (exact) mass is 424 g/mol. The Kier molecular flexibility index (Phi) is 4.45. The van der Waals surface area contributed by atoms with Crippen LogP contribution in [0.3, 0.4) is 0 Å². The molecule has 0 atom stereocenters. The molecule has 2 aliphatic rings. The van der Waals surface area contributed by atoms with E-state index in [2.05, 4.69) is 73.0 Å². The zero-order chi connectivity index (χ0) is 21.1. The van der Waals surface area contributed by atoms with Gasteiger partial charge in [-0.15, -0.1) is 0 Å². The fourth-order valence-electron chi connectivity index (χ4n) is 4.78. The first-order valence-corrected chi connectivity index (χ1v) is 11.2. The van der Waals surface area contributed by atoms with E-state index in [0.29, 0.717) is 17.7 Å². The molecular weight excluding hydrogens is 396 g/mol. The van der Waals surface area contributed by atoms with E-state index in [9.17, 15) is 0 Å². The molecule has 0 unspecified atom stereocenters. The van der Waals surface area contributed by atoms with Gasteiger partial charge in [0.25, 0.3) is 5.19 Å². The van der Waals surface area contributed by atoms with Gasteiger partial charge < -0.3 is 9.47 Å². The number of rotatable bonds is 3. The van der Waals surface area contributed by atoms with Crippen molar-refractivity contribution < 1.29 is 9.47 Å². The van der Waals surface area contributed by atoms with Crippen LogP contribution in [-0.4, -0.2) is 44.3 Å². The smallest absolute Gasteiger partial charge is 0.277 e. The predicted molar refractivity (Wildman–Crippen MR) is 119 cm³/mol. The summed E-state index contributed by atoms with van der Waals surface area (Å²) in [4.78, 5) is 8.19. The maximum absolute atomic E-state index is 6.41. The van der Waals surface area contributed by atoms with Gasteiger partial charge in [-0.1, -0.05) is 23.5 Å². The van der Waals surface area contributed by atoms with E-state index < -0.39 is 0 Å². The molecule has 30 heavy (non-hydrogen) atoms. The molecule has 2 aromatic heterocycles. The lowest BCUT2D eigenvalue weighted by Crippen LogP contribution is -2.60. The van der Waals surface area contributed by atoms with E-state index in [-0.39, 0.29) is 17.2 Å². The van der Waals surface area contributed by atoms with Gasteiger partial charge in [-0.3, -0.25) is 10.00 Å². The average Bonchev–Trinajstić information content (AvgIpc) is 3.34. The number of aromatic nitrogens is 3. The van der Waals surface area contributed by atoms with Crippen LogP contribution in [0.5, 0.6) is 11.1 Å². The van der Waals surface area contributed by atoms with E-state index in [1.807, 2.05) is 12.4 Å². The summed E-state index contributed by atoms with van der Waals surface area (Å²) in [5.41, 5.74) is 4.71. The van der Waals surface area contributed by atoms with E-state index in [1.165, 1.54) is 5.56 Å². The highest BCUT2D eigenvalue weighted by Gasteiger charge is 2.44. The van der Waals surface area contributed by atoms with Gasteiger partial charge >= 0.3 is 0 Å². The van der Waals surface area contributed by atoms with Crippen LogP contribution in [0.25, 0.3) is 21.6 Å². The minimum Gasteiger partial charge on any atom is -0.472 e. The number of aromatic amines is 1. The molecule has 0 radical (unpaired) electrons. The van der Waals surface area contributed by atoms with Crippen molar-refractivity contribution in [3.05, 3.63) is 36.2 Å². The van der Waals surface area contributed by atoms with E-state index in [1.54, 1.807) is 11.3 Å². The van der Waals surface area contributed by atoms with Crippen molar-refractivity contribution in [1.82, 2.24) is 20.1 Å². The lowest BCUT2D eigenvalue weighted by Gasteiger charge is -2.53. The summed E-state index contributed by atoms with van der Waals surface area (Å²) in [5, 5.41) is 7.62. The largest absolute Gasteiger partial charge is 0.472 e. The van der Waals surface area contributed by atoms with Crippen molar-refractivity contribution in [2.75, 3.05) is 7.05 Å². The van der Waals surface area contributed by atoms with Crippen molar-refractivity contribution in [1.29, 1.82) is 0 Å². The molecule has 1 fully saturated rings. The Hall–Kier alpha value is -2.38. The Morgan fingerprint density at radius 1 is 1.17 bits per heavy atom. The molecule has 4 heterocycles. The molecule has 0 aliphatic carbocycles. The SMILES string of the molecule is CN1C(C)(C)CC(Oc2nc3c(s2)-c2ccc(-c4cn[nH]c4)cc2CO3)CC1(C)C. The molecule has 1 saturated heterocycles. The van der Waals surface area contributed by atoms with Crippen molar-refractivity contribution in [3.63, 3.8) is 0 Å². The summed E-state index contributed by atoms with van der Waals surface area (Å²) in [7, 11) is 2.21. The standard InChI is InChI=1S/C23H28N4O2S/c1-22(2)9-17(10-23(3,4)27(22)5)29-21-26-20-19(30-21)18-7-6-14(8-15(18)13-28-20)16-11-24-25-12-16/h6-8,11-12,17H,9-10,13H2,1-5H3,(H,24,25). The predicted octanol–water partition coefficient (Wildman–Crippen LogP) is 5.12. The number of fused-ring (bicyclic) bond motifs is 3. The number of nitrogens with one attached hydrogen (secondary N) is 1. The number of ether oxygens (including phenoxy) is 2. The second kappa shape index (κ2) is 6.82. The van der Waals surface area contributed by atoms with Crippen LogP contribution in [-0.2, 0) is 6.61 Å². The number of likely N-dealkylation sites (tertiary alicyclic amines) is 1. The number of H-pyrrole nitrogens is 1. The molecule has 0 spiro atoms. The molecule has 2 aliphatic heterocycles. The summed E-state index contributed by atoms with van der Waals surface area (Å²) in [6.45, 7) is 9.66. The first-order chi connectivity index (χ1) is 14.2. The van der Waals surface area contributed by atoms with Gasteiger partial charge in [0.15, 0.2) is 0 Å². The molecule has 0 amide bonds. The number of thiazole rings is 1. The topological polar surface area (TPSA) is 63.3 Å². The van der Waals surface area contributed by atoms with Crippen LogP contribution in [0.15, 0.2) is 30.6 Å². The number of hydrogen-bond donors (Lipinski definition) is 1. The van der Waals surface area contributed by atoms with E-state index in [0.717, 1.165) is 34.4 Å². The normalized spacial score (nSPS) is 20.3. The molecule has 3 aromatic rings. The third-order valence-electron chi connectivity index (χ3n) is 6.66. The van der Waals surface area contributed by atoms with Crippen molar-refractivity contribution in [3.8, 4) is 32.6 Å². The molecule has 5 rings (SSSR count). The fourth-order valence-corrected chi connectivity index (χ4v) is 5.77. The highest BCUT2D eigenvalue weighted by atomic mass is 32.1. The minimum atomic E-state index is 0.0792. The number of benzene rings is 1. The lowest BCUT2D eigenvalue weighted by molar-refractivity contribution is -0.0557. The quantitative estimate of drug-likeness (QED) is 0.632. The highest BCUT2D eigenvalue weighted by molar-refractivity contribution is 7.17. The van der Waals surface area contributed by atoms with Crippen LogP contribution in [0.4, 0.5) is 0 Å². The van der Waals surface area contributed by atoms with Gasteiger partial charge in [0.05, 0.1) is 6.20 Å². The van der Waals surface area contributed by atoms with E-state index >= 15 is 0 Å². The van der Waals surface area contributed by atoms with Crippen molar-refractivity contribution in [2.45, 2.75) is 64.3 Å². The number of hydrogen-bond acceptors (Lipinski definition) is 6. The Morgan fingerprint density at radius 2 is 1.93 bits per heavy atom. The Balaban J connectivity index is 1.40. The van der Waals surface area contributed by atoms with Crippen LogP contribution in [0.1, 0.15) is 46.1 Å². The lowest BCUT2D eigenvalue weighted by atomic mass is 9.79. The Morgan fingerprint density at radius 3 is 2.63 bits per heavy atom. The summed E-state index contributed by atoms with van der Waals surface area (Å²) in [6, 6.07) is 6.45. The third kappa shape index (κ3) is 3.30. The summed E-state index contributed by atoms with van der Waals surface area (Å²) in [6.07, 6.45) is 5.83. The van der Waals surface area contributed by atoms with Crippen LogP contribution < -0.4 is 9.47 Å². The highest BCUT2D eigenvalue weighted by Crippen LogP contribution is 2.46. The molecular formula is C23H28N4O2S. The van der Waals surface area contributed by atoms with Crippen LogP contribution in [0.2, 0.25) is 0 Å². The number of nitrogens with zero attached hydrogens (tertiary/aromatic N) is 3.